The highest BCUT2D eigenvalue weighted by Crippen LogP contribution is 2.09. The minimum Gasteiger partial charge on any atom is -0.276 e. The molecule has 0 fully saturated rings. The second-order valence-electron chi connectivity index (χ2n) is 3.06. The van der Waals surface area contributed by atoms with Crippen molar-refractivity contribution < 1.29 is 9.18 Å². The molecule has 76 valence electrons. The van der Waals surface area contributed by atoms with Crippen molar-refractivity contribution in [2.24, 2.45) is 0 Å². The Kier molecular flexibility index (Phi) is 2.53. The molecule has 2 heterocycles. The molecule has 0 saturated heterocycles. The van der Waals surface area contributed by atoms with E-state index in [1.165, 1.54) is 12.4 Å². The van der Waals surface area contributed by atoms with Gasteiger partial charge in [-0.3, -0.25) is 4.79 Å². The van der Waals surface area contributed by atoms with Crippen LogP contribution in [0, 0.1) is 5.95 Å². The first-order valence-electron chi connectivity index (χ1n) is 4.37. The molecule has 0 aromatic carbocycles. The Morgan fingerprint density at radius 1 is 1.53 bits per heavy atom. The number of aromatic nitrogens is 3. The predicted molar refractivity (Wildman–Crippen MR) is 51.4 cm³/mol. The molecule has 5 heteroatoms. The third kappa shape index (κ3) is 2.07. The molecule has 0 aliphatic carbocycles. The first kappa shape index (κ1) is 9.51. The lowest BCUT2D eigenvalue weighted by Gasteiger charge is -1.98. The van der Waals surface area contributed by atoms with Crippen LogP contribution in [-0.4, -0.2) is 21.2 Å². The van der Waals surface area contributed by atoms with E-state index in [4.69, 9.17) is 0 Å². The summed E-state index contributed by atoms with van der Waals surface area (Å²) in [5.41, 5.74) is 1.26. The lowest BCUT2D eigenvalue weighted by Crippen LogP contribution is -1.95. The van der Waals surface area contributed by atoms with Gasteiger partial charge >= 0.3 is 0 Å². The second kappa shape index (κ2) is 4.00. The minimum absolute atomic E-state index is 0.382. The summed E-state index contributed by atoms with van der Waals surface area (Å²) < 4.78 is 14.3. The summed E-state index contributed by atoms with van der Waals surface area (Å²) in [5, 5.41) is 3.77. The molecular formula is C10H8FN3O. The number of rotatable bonds is 3. The van der Waals surface area contributed by atoms with Crippen LogP contribution >= 0.6 is 0 Å². The van der Waals surface area contributed by atoms with Crippen molar-refractivity contribution in [3.05, 3.63) is 47.8 Å². The third-order valence-electron chi connectivity index (χ3n) is 1.99. The van der Waals surface area contributed by atoms with Gasteiger partial charge in [0.05, 0.1) is 6.20 Å². The Bertz CT molecular complexity index is 481. The van der Waals surface area contributed by atoms with Crippen LogP contribution in [-0.2, 0) is 11.2 Å². The zero-order valence-corrected chi connectivity index (χ0v) is 7.80. The standard InChI is InChI=1S/C10H8FN3O/c11-10-9(2-1-3-12-10)4-8-5-13-14(6-8)7-15/h1-3,5-7H,4H2. The van der Waals surface area contributed by atoms with Gasteiger partial charge in [0.15, 0.2) is 0 Å². The monoisotopic (exact) mass is 205 g/mol. The Morgan fingerprint density at radius 2 is 2.40 bits per heavy atom. The van der Waals surface area contributed by atoms with E-state index < -0.39 is 5.95 Å². The van der Waals surface area contributed by atoms with Crippen molar-refractivity contribution in [2.75, 3.05) is 0 Å². The molecule has 0 N–H and O–H groups in total. The normalized spacial score (nSPS) is 10.2. The average molecular weight is 205 g/mol. The van der Waals surface area contributed by atoms with E-state index in [0.29, 0.717) is 18.4 Å². The smallest absolute Gasteiger partial charge is 0.234 e. The van der Waals surface area contributed by atoms with E-state index >= 15 is 0 Å². The van der Waals surface area contributed by atoms with E-state index in [2.05, 4.69) is 10.1 Å². The number of carbonyl (C=O) groups is 1. The fourth-order valence-corrected chi connectivity index (χ4v) is 1.30. The van der Waals surface area contributed by atoms with Crippen LogP contribution in [0.3, 0.4) is 0 Å². The first-order chi connectivity index (χ1) is 7.29. The van der Waals surface area contributed by atoms with Crippen molar-refractivity contribution >= 4 is 6.41 Å². The number of carbonyl (C=O) groups excluding carboxylic acids is 1. The van der Waals surface area contributed by atoms with Crippen molar-refractivity contribution in [1.29, 1.82) is 0 Å². The Morgan fingerprint density at radius 3 is 3.07 bits per heavy atom. The van der Waals surface area contributed by atoms with E-state index in [1.807, 2.05) is 0 Å². The van der Waals surface area contributed by atoms with Crippen LogP contribution < -0.4 is 0 Å². The molecule has 0 bridgehead atoms. The van der Waals surface area contributed by atoms with Crippen LogP contribution in [0.1, 0.15) is 11.1 Å². The molecule has 0 amide bonds. The van der Waals surface area contributed by atoms with Gasteiger partial charge in [-0.2, -0.15) is 9.49 Å². The molecule has 2 rings (SSSR count). The van der Waals surface area contributed by atoms with Gasteiger partial charge in [-0.25, -0.2) is 9.67 Å². The Labute approximate surface area is 85.4 Å². The van der Waals surface area contributed by atoms with Gasteiger partial charge in [0.2, 0.25) is 12.4 Å². The summed E-state index contributed by atoms with van der Waals surface area (Å²) in [5.74, 6) is -0.489. The molecule has 15 heavy (non-hydrogen) atoms. The van der Waals surface area contributed by atoms with Gasteiger partial charge < -0.3 is 0 Å². The molecular weight excluding hydrogens is 197 g/mol. The van der Waals surface area contributed by atoms with Gasteiger partial charge in [-0.05, 0) is 11.6 Å². The summed E-state index contributed by atoms with van der Waals surface area (Å²) in [6.45, 7) is 0. The summed E-state index contributed by atoms with van der Waals surface area (Å²) in [6.07, 6.45) is 5.45. The zero-order chi connectivity index (χ0) is 10.7. The van der Waals surface area contributed by atoms with Gasteiger partial charge in [-0.1, -0.05) is 6.07 Å². The van der Waals surface area contributed by atoms with E-state index in [9.17, 15) is 9.18 Å². The average Bonchev–Trinajstić information content (AvgIpc) is 2.69. The van der Waals surface area contributed by atoms with Gasteiger partial charge in [0.25, 0.3) is 0 Å². The summed E-state index contributed by atoms with van der Waals surface area (Å²) >= 11 is 0. The molecule has 2 aromatic heterocycles. The molecule has 2 aromatic rings. The highest BCUT2D eigenvalue weighted by Gasteiger charge is 2.04. The second-order valence-corrected chi connectivity index (χ2v) is 3.06. The molecule has 0 aliphatic rings. The number of hydrogen-bond donors (Lipinski definition) is 0. The van der Waals surface area contributed by atoms with Crippen molar-refractivity contribution in [1.82, 2.24) is 14.8 Å². The van der Waals surface area contributed by atoms with Crippen LogP contribution in [0.5, 0.6) is 0 Å². The highest BCUT2D eigenvalue weighted by atomic mass is 19.1. The molecule has 0 saturated carbocycles. The predicted octanol–water partition coefficient (Wildman–Crippen LogP) is 1.05. The van der Waals surface area contributed by atoms with Crippen LogP contribution in [0.15, 0.2) is 30.7 Å². The van der Waals surface area contributed by atoms with Crippen molar-refractivity contribution in [3.63, 3.8) is 0 Å². The minimum atomic E-state index is -0.489. The van der Waals surface area contributed by atoms with E-state index in [1.54, 1.807) is 18.3 Å². The fourth-order valence-electron chi connectivity index (χ4n) is 1.30. The summed E-state index contributed by atoms with van der Waals surface area (Å²) in [4.78, 5) is 13.9. The Hall–Kier alpha value is -2.04. The van der Waals surface area contributed by atoms with E-state index in [-0.39, 0.29) is 0 Å². The quantitative estimate of drug-likeness (QED) is 0.555. The summed E-state index contributed by atoms with van der Waals surface area (Å²) in [7, 11) is 0. The van der Waals surface area contributed by atoms with Crippen LogP contribution in [0.4, 0.5) is 4.39 Å². The SMILES string of the molecule is O=Cn1cc(Cc2cccnc2F)cn1. The van der Waals surface area contributed by atoms with Crippen molar-refractivity contribution in [3.8, 4) is 0 Å². The molecule has 0 aliphatic heterocycles. The number of halogens is 1. The fraction of sp³-hybridized carbons (Fsp3) is 0.100. The maximum Gasteiger partial charge on any atom is 0.234 e. The largest absolute Gasteiger partial charge is 0.276 e. The first-order valence-corrected chi connectivity index (χ1v) is 4.37. The maximum absolute atomic E-state index is 13.2. The lowest BCUT2D eigenvalue weighted by molar-refractivity contribution is 0.540. The number of pyridine rings is 1. The number of nitrogens with zero attached hydrogens (tertiary/aromatic N) is 3. The molecule has 0 radical (unpaired) electrons. The molecule has 0 spiro atoms. The number of hydrogen-bond acceptors (Lipinski definition) is 3. The maximum atomic E-state index is 13.2. The lowest BCUT2D eigenvalue weighted by atomic mass is 10.1. The molecule has 0 unspecified atom stereocenters. The highest BCUT2D eigenvalue weighted by molar-refractivity contribution is 5.50. The molecule has 4 nitrogen and oxygen atoms in total. The van der Waals surface area contributed by atoms with Crippen molar-refractivity contribution in [2.45, 2.75) is 6.42 Å². The zero-order valence-electron chi connectivity index (χ0n) is 7.80. The Balaban J connectivity index is 2.22. The van der Waals surface area contributed by atoms with Crippen LogP contribution in [0.25, 0.3) is 0 Å². The molecule has 0 atom stereocenters. The third-order valence-corrected chi connectivity index (χ3v) is 1.99. The van der Waals surface area contributed by atoms with Gasteiger partial charge in [0.1, 0.15) is 0 Å². The van der Waals surface area contributed by atoms with E-state index in [0.717, 1.165) is 10.2 Å². The van der Waals surface area contributed by atoms with Crippen LogP contribution in [0.2, 0.25) is 0 Å². The van der Waals surface area contributed by atoms with Gasteiger partial charge in [0, 0.05) is 24.4 Å². The van der Waals surface area contributed by atoms with Gasteiger partial charge in [-0.15, -0.1) is 0 Å². The summed E-state index contributed by atoms with van der Waals surface area (Å²) in [6, 6.07) is 3.32. The topological polar surface area (TPSA) is 47.8 Å².